The first-order valence-corrected chi connectivity index (χ1v) is 7.82. The van der Waals surface area contributed by atoms with Crippen LogP contribution in [0.3, 0.4) is 0 Å². The minimum Gasteiger partial charge on any atom is -0.385 e. The van der Waals surface area contributed by atoms with Crippen LogP contribution in [0, 0.1) is 0 Å². The molecule has 0 radical (unpaired) electrons. The molecule has 0 aliphatic heterocycles. The molecule has 1 atom stereocenters. The van der Waals surface area contributed by atoms with E-state index in [1.165, 1.54) is 24.3 Å². The lowest BCUT2D eigenvalue weighted by Gasteiger charge is -2.12. The molecule has 132 valence electrons. The predicted octanol–water partition coefficient (Wildman–Crippen LogP) is 1.07. The number of carbonyl (C=O) groups excluding carboxylic acids is 2. The Kier molecular flexibility index (Phi) is 6.10. The van der Waals surface area contributed by atoms with Gasteiger partial charge in [0.15, 0.2) is 0 Å². The number of alkyl halides is 3. The molecule has 1 aromatic carbocycles. The molecular formula is C13H13F3N2O5S. The molecule has 0 unspecified atom stereocenters. The van der Waals surface area contributed by atoms with Crippen molar-refractivity contribution >= 4 is 27.6 Å². The van der Waals surface area contributed by atoms with E-state index in [4.69, 9.17) is 5.73 Å². The summed E-state index contributed by atoms with van der Waals surface area (Å²) in [7, 11) is -3.68. The largest absolute Gasteiger partial charge is 0.491 e. The minimum atomic E-state index is -5.29. The van der Waals surface area contributed by atoms with E-state index < -0.39 is 34.2 Å². The summed E-state index contributed by atoms with van der Waals surface area (Å²) in [6, 6.07) is 4.02. The average Bonchev–Trinajstić information content (AvgIpc) is 2.47. The zero-order chi connectivity index (χ0) is 18.5. The van der Waals surface area contributed by atoms with Gasteiger partial charge in [0.2, 0.25) is 0 Å². The second-order valence-electron chi connectivity index (χ2n) is 4.53. The fourth-order valence-corrected chi connectivity index (χ4v) is 2.02. The summed E-state index contributed by atoms with van der Waals surface area (Å²) in [6.07, 6.45) is -5.50. The van der Waals surface area contributed by atoms with E-state index in [0.29, 0.717) is 11.0 Å². The van der Waals surface area contributed by atoms with Gasteiger partial charge in [-0.25, -0.2) is 18.0 Å². The van der Waals surface area contributed by atoms with Crippen LogP contribution in [0.15, 0.2) is 36.3 Å². The molecule has 1 rings (SSSR count). The molecule has 3 N–H and O–H groups in total. The highest BCUT2D eigenvalue weighted by atomic mass is 32.2. The molecule has 0 spiro atoms. The van der Waals surface area contributed by atoms with Crippen LogP contribution in [0.2, 0.25) is 0 Å². The topological polar surface area (TPSA) is 116 Å². The first-order valence-electron chi connectivity index (χ1n) is 6.27. The third-order valence-electron chi connectivity index (χ3n) is 2.62. The molecule has 11 heteroatoms. The third kappa shape index (κ3) is 6.01. The Bertz CT molecular complexity index is 729. The zero-order valence-corrected chi connectivity index (χ0v) is 12.9. The summed E-state index contributed by atoms with van der Waals surface area (Å²) in [5.41, 5.74) is 6.01. The van der Waals surface area contributed by atoms with Gasteiger partial charge in [-0.3, -0.25) is 4.72 Å². The van der Waals surface area contributed by atoms with Crippen LogP contribution in [0.1, 0.15) is 5.56 Å². The molecule has 0 aromatic heterocycles. The summed E-state index contributed by atoms with van der Waals surface area (Å²) in [6.45, 7) is 3.12. The Morgan fingerprint density at radius 2 is 1.83 bits per heavy atom. The van der Waals surface area contributed by atoms with Crippen molar-refractivity contribution < 1.29 is 35.9 Å². The Balaban J connectivity index is 2.68. The van der Waals surface area contributed by atoms with Gasteiger partial charge in [0.1, 0.15) is 6.04 Å². The molecule has 0 fully saturated rings. The number of halogens is 3. The van der Waals surface area contributed by atoms with Crippen LogP contribution in [-0.4, -0.2) is 32.6 Å². The van der Waals surface area contributed by atoms with E-state index in [0.717, 1.165) is 0 Å². The predicted molar refractivity (Wildman–Crippen MR) is 78.0 cm³/mol. The van der Waals surface area contributed by atoms with Crippen LogP contribution in [-0.2, 0) is 30.8 Å². The van der Waals surface area contributed by atoms with Crippen LogP contribution < -0.4 is 10.5 Å². The van der Waals surface area contributed by atoms with E-state index in [1.54, 1.807) is 0 Å². The third-order valence-corrected chi connectivity index (χ3v) is 3.58. The number of carbonyl (C=O) groups is 2. The van der Waals surface area contributed by atoms with Crippen molar-refractivity contribution in [1.29, 1.82) is 0 Å². The van der Waals surface area contributed by atoms with Crippen molar-refractivity contribution in [2.24, 2.45) is 5.73 Å². The summed E-state index contributed by atoms with van der Waals surface area (Å²) in [4.78, 5) is 21.9. The van der Waals surface area contributed by atoms with Crippen molar-refractivity contribution in [1.82, 2.24) is 0 Å². The number of esters is 2. The molecule has 0 aliphatic rings. The maximum atomic E-state index is 12.0. The maximum absolute atomic E-state index is 12.0. The first kappa shape index (κ1) is 19.6. The van der Waals surface area contributed by atoms with Crippen molar-refractivity contribution in [2.45, 2.75) is 18.6 Å². The number of hydrogen-bond acceptors (Lipinski definition) is 6. The Morgan fingerprint density at radius 3 is 2.29 bits per heavy atom. The van der Waals surface area contributed by atoms with Gasteiger partial charge < -0.3 is 10.5 Å². The SMILES string of the molecule is C=CS(=O)(=O)Nc1ccc(C[C@H](N)C(=O)OC(=O)C(F)(F)F)cc1. The standard InChI is InChI=1S/C13H13F3N2O5S/c1-2-24(21,22)18-9-5-3-8(4-6-9)7-10(17)11(19)23-12(20)13(14,15)16/h2-6,10,18H,1,7,17H2/t10-/m0/s1. The number of benzene rings is 1. The van der Waals surface area contributed by atoms with Gasteiger partial charge in [-0.1, -0.05) is 18.7 Å². The Labute approximate surface area is 135 Å². The van der Waals surface area contributed by atoms with E-state index in [-0.39, 0.29) is 12.1 Å². The lowest BCUT2D eigenvalue weighted by atomic mass is 10.1. The van der Waals surface area contributed by atoms with E-state index in [1.807, 2.05) is 0 Å². The van der Waals surface area contributed by atoms with Crippen molar-refractivity contribution in [3.63, 3.8) is 0 Å². The normalized spacial score (nSPS) is 13.0. The summed E-state index contributed by atoms with van der Waals surface area (Å²) < 4.78 is 64.3. The molecule has 24 heavy (non-hydrogen) atoms. The molecule has 0 saturated heterocycles. The number of ether oxygens (including phenoxy) is 1. The molecule has 1 aromatic rings. The average molecular weight is 366 g/mol. The van der Waals surface area contributed by atoms with E-state index in [9.17, 15) is 31.2 Å². The highest BCUT2D eigenvalue weighted by molar-refractivity contribution is 7.95. The molecule has 0 saturated carbocycles. The number of nitrogens with one attached hydrogen (secondary N) is 1. The van der Waals surface area contributed by atoms with Crippen molar-refractivity contribution in [3.8, 4) is 0 Å². The van der Waals surface area contributed by atoms with Gasteiger partial charge in [0.25, 0.3) is 10.0 Å². The number of hydrogen-bond donors (Lipinski definition) is 2. The quantitative estimate of drug-likeness (QED) is 0.575. The number of nitrogens with two attached hydrogens (primary N) is 1. The maximum Gasteiger partial charge on any atom is 0.491 e. The van der Waals surface area contributed by atoms with Gasteiger partial charge in [-0.2, -0.15) is 13.2 Å². The van der Waals surface area contributed by atoms with Gasteiger partial charge in [-0.05, 0) is 24.1 Å². The molecule has 0 heterocycles. The smallest absolute Gasteiger partial charge is 0.385 e. The second kappa shape index (κ2) is 7.45. The van der Waals surface area contributed by atoms with Gasteiger partial charge >= 0.3 is 18.1 Å². The molecular weight excluding hydrogens is 353 g/mol. The van der Waals surface area contributed by atoms with Crippen LogP contribution in [0.5, 0.6) is 0 Å². The zero-order valence-electron chi connectivity index (χ0n) is 12.0. The summed E-state index contributed by atoms with van der Waals surface area (Å²) in [5.74, 6) is -4.16. The highest BCUT2D eigenvalue weighted by Crippen LogP contribution is 2.17. The monoisotopic (exact) mass is 366 g/mol. The fourth-order valence-electron chi connectivity index (χ4n) is 1.48. The number of anilines is 1. The molecule has 7 nitrogen and oxygen atoms in total. The molecule has 0 aliphatic carbocycles. The van der Waals surface area contributed by atoms with Crippen molar-refractivity contribution in [2.75, 3.05) is 4.72 Å². The fraction of sp³-hybridized carbons (Fsp3) is 0.231. The number of sulfonamides is 1. The molecule has 0 bridgehead atoms. The lowest BCUT2D eigenvalue weighted by Crippen LogP contribution is -2.38. The lowest BCUT2D eigenvalue weighted by molar-refractivity contribution is -0.202. The molecule has 0 amide bonds. The van der Waals surface area contributed by atoms with E-state index >= 15 is 0 Å². The van der Waals surface area contributed by atoms with Crippen LogP contribution >= 0.6 is 0 Å². The van der Waals surface area contributed by atoms with Gasteiger partial charge in [-0.15, -0.1) is 0 Å². The van der Waals surface area contributed by atoms with E-state index in [2.05, 4.69) is 16.0 Å². The minimum absolute atomic E-state index is 0.210. The second-order valence-corrected chi connectivity index (χ2v) is 6.16. The number of rotatable bonds is 6. The van der Waals surface area contributed by atoms with Gasteiger partial charge in [0.05, 0.1) is 0 Å². The summed E-state index contributed by atoms with van der Waals surface area (Å²) in [5, 5.41) is 0.713. The Hall–Kier alpha value is -2.40. The first-order chi connectivity index (χ1) is 10.9. The summed E-state index contributed by atoms with van der Waals surface area (Å²) >= 11 is 0. The van der Waals surface area contributed by atoms with Crippen LogP contribution in [0.4, 0.5) is 18.9 Å². The van der Waals surface area contributed by atoms with Crippen molar-refractivity contribution in [3.05, 3.63) is 41.8 Å². The Morgan fingerprint density at radius 1 is 1.29 bits per heavy atom. The van der Waals surface area contributed by atoms with Gasteiger partial charge in [0, 0.05) is 11.1 Å². The van der Waals surface area contributed by atoms with Crippen LogP contribution in [0.25, 0.3) is 0 Å². The highest BCUT2D eigenvalue weighted by Gasteiger charge is 2.43.